The van der Waals surface area contributed by atoms with E-state index in [0.29, 0.717) is 33.6 Å². The van der Waals surface area contributed by atoms with Crippen molar-refractivity contribution in [2.75, 3.05) is 23.4 Å². The maximum absolute atomic E-state index is 12.7. The van der Waals surface area contributed by atoms with E-state index in [9.17, 15) is 14.4 Å². The average Bonchev–Trinajstić information content (AvgIpc) is 3.29. The normalized spacial score (nSPS) is 15.0. The number of nitrogens with zero attached hydrogens (tertiary/aromatic N) is 1. The molecular weight excluding hydrogens is 584 g/mol. The molecule has 39 heavy (non-hydrogen) atoms. The summed E-state index contributed by atoms with van der Waals surface area (Å²) in [5, 5.41) is 3.18. The van der Waals surface area contributed by atoms with Gasteiger partial charge in [-0.1, -0.05) is 37.6 Å². The molecule has 1 atom stereocenters. The lowest BCUT2D eigenvalue weighted by molar-refractivity contribution is -0.151. The zero-order valence-corrected chi connectivity index (χ0v) is 24.6. The van der Waals surface area contributed by atoms with Gasteiger partial charge in [-0.15, -0.1) is 0 Å². The van der Waals surface area contributed by atoms with Gasteiger partial charge in [0.1, 0.15) is 11.5 Å². The Labute approximate surface area is 241 Å². The zero-order valence-electron chi connectivity index (χ0n) is 22.2. The van der Waals surface area contributed by atoms with Gasteiger partial charge in [-0.25, -0.2) is 0 Å². The molecule has 1 fully saturated rings. The number of nitrogens with one attached hydrogen (secondary N) is 1. The summed E-state index contributed by atoms with van der Waals surface area (Å²) in [6, 6.07) is 16.8. The van der Waals surface area contributed by atoms with Crippen LogP contribution in [0.25, 0.3) is 0 Å². The van der Waals surface area contributed by atoms with E-state index in [1.165, 1.54) is 0 Å². The van der Waals surface area contributed by atoms with Gasteiger partial charge in [0.25, 0.3) is 5.91 Å². The smallest absolute Gasteiger partial charge is 0.311 e. The highest BCUT2D eigenvalue weighted by molar-refractivity contribution is 9.10. The van der Waals surface area contributed by atoms with Gasteiger partial charge in [0.05, 0.1) is 10.9 Å². The van der Waals surface area contributed by atoms with Crippen molar-refractivity contribution in [2.45, 2.75) is 40.0 Å². The first-order valence-corrected chi connectivity index (χ1v) is 13.8. The number of hydrogen-bond donors (Lipinski definition) is 1. The molecule has 1 saturated heterocycles. The van der Waals surface area contributed by atoms with Gasteiger partial charge < -0.3 is 19.7 Å². The van der Waals surface area contributed by atoms with Crippen molar-refractivity contribution < 1.29 is 23.9 Å². The van der Waals surface area contributed by atoms with Crippen LogP contribution in [0.2, 0.25) is 5.02 Å². The number of carbonyl (C=O) groups excluding carboxylic acids is 3. The first kappa shape index (κ1) is 28.6. The van der Waals surface area contributed by atoms with Crippen LogP contribution in [0, 0.1) is 19.8 Å². The molecule has 1 heterocycles. The third-order valence-corrected chi connectivity index (χ3v) is 7.96. The van der Waals surface area contributed by atoms with Crippen molar-refractivity contribution in [1.29, 1.82) is 0 Å². The zero-order chi connectivity index (χ0) is 28.3. The minimum atomic E-state index is -0.661. The van der Waals surface area contributed by atoms with Crippen LogP contribution in [0.4, 0.5) is 11.4 Å². The highest BCUT2D eigenvalue weighted by Gasteiger charge is 2.36. The van der Waals surface area contributed by atoms with Crippen LogP contribution in [0.5, 0.6) is 11.5 Å². The van der Waals surface area contributed by atoms with Crippen molar-refractivity contribution in [3.63, 3.8) is 0 Å². The number of amides is 2. The third-order valence-electron chi connectivity index (χ3n) is 6.58. The number of carbonyl (C=O) groups is 3. The van der Waals surface area contributed by atoms with Crippen LogP contribution >= 0.6 is 27.5 Å². The summed E-state index contributed by atoms with van der Waals surface area (Å²) in [5.41, 5.74) is 4.11. The lowest BCUT2D eigenvalue weighted by atomic mass is 10.0. The lowest BCUT2D eigenvalue weighted by Gasteiger charge is -2.18. The minimum Gasteiger partial charge on any atom is -0.457 e. The summed E-state index contributed by atoms with van der Waals surface area (Å²) in [7, 11) is 0. The summed E-state index contributed by atoms with van der Waals surface area (Å²) in [6.45, 7) is 7.75. The molecule has 0 spiro atoms. The number of rotatable bonds is 8. The molecule has 1 N–H and O–H groups in total. The number of hydrogen-bond acceptors (Lipinski definition) is 5. The molecule has 0 aliphatic carbocycles. The molecule has 0 radical (unpaired) electrons. The third kappa shape index (κ3) is 6.81. The van der Waals surface area contributed by atoms with E-state index >= 15 is 0 Å². The van der Waals surface area contributed by atoms with Crippen LogP contribution in [0.3, 0.4) is 0 Å². The molecule has 1 aliphatic heterocycles. The minimum absolute atomic E-state index is 0.0151. The Bertz CT molecular complexity index is 1410. The Morgan fingerprint density at radius 3 is 2.51 bits per heavy atom. The topological polar surface area (TPSA) is 84.9 Å². The molecular formula is C30H30BrClN2O5. The average molecular weight is 614 g/mol. The fourth-order valence-electron chi connectivity index (χ4n) is 4.37. The van der Waals surface area contributed by atoms with Gasteiger partial charge in [0.15, 0.2) is 6.61 Å². The SMILES string of the molecule is Cc1ccc(C(C)C)c(Oc2ccc(N3C[C@@H](C(=O)OCC(=O)Nc4ccc(Br)c(Cl)c4C)CC3=O)cc2)c1. The van der Waals surface area contributed by atoms with E-state index in [-0.39, 0.29) is 18.9 Å². The summed E-state index contributed by atoms with van der Waals surface area (Å²) < 4.78 is 12.1. The molecule has 7 nitrogen and oxygen atoms in total. The first-order chi connectivity index (χ1) is 18.5. The van der Waals surface area contributed by atoms with Crippen LogP contribution in [-0.2, 0) is 19.1 Å². The summed E-state index contributed by atoms with van der Waals surface area (Å²) >= 11 is 9.53. The van der Waals surface area contributed by atoms with Gasteiger partial charge in [0.2, 0.25) is 5.91 Å². The quantitative estimate of drug-likeness (QED) is 0.272. The largest absolute Gasteiger partial charge is 0.457 e. The number of ether oxygens (including phenoxy) is 2. The van der Waals surface area contributed by atoms with Gasteiger partial charge >= 0.3 is 5.97 Å². The second-order valence-corrected chi connectivity index (χ2v) is 11.1. The summed E-state index contributed by atoms with van der Waals surface area (Å²) in [6.07, 6.45) is 0.0151. The van der Waals surface area contributed by atoms with E-state index < -0.39 is 24.4 Å². The Morgan fingerprint density at radius 2 is 1.82 bits per heavy atom. The van der Waals surface area contributed by atoms with Crippen molar-refractivity contribution in [3.05, 3.63) is 80.8 Å². The second kappa shape index (κ2) is 12.2. The van der Waals surface area contributed by atoms with E-state index in [0.717, 1.165) is 21.3 Å². The van der Waals surface area contributed by atoms with Crippen molar-refractivity contribution in [3.8, 4) is 11.5 Å². The van der Waals surface area contributed by atoms with Crippen LogP contribution in [-0.4, -0.2) is 30.9 Å². The number of benzene rings is 3. The predicted octanol–water partition coefficient (Wildman–Crippen LogP) is 7.17. The molecule has 0 unspecified atom stereocenters. The number of halogens is 2. The monoisotopic (exact) mass is 612 g/mol. The van der Waals surface area contributed by atoms with E-state index in [1.54, 1.807) is 48.2 Å². The molecule has 3 aromatic carbocycles. The fourth-order valence-corrected chi connectivity index (χ4v) is 4.97. The number of aryl methyl sites for hydroxylation is 1. The first-order valence-electron chi connectivity index (χ1n) is 12.6. The highest BCUT2D eigenvalue weighted by Crippen LogP contribution is 2.34. The second-order valence-electron chi connectivity index (χ2n) is 9.89. The maximum atomic E-state index is 12.7. The fraction of sp³-hybridized carbons (Fsp3) is 0.300. The Balaban J connectivity index is 1.33. The molecule has 3 aromatic rings. The number of anilines is 2. The highest BCUT2D eigenvalue weighted by atomic mass is 79.9. The number of esters is 1. The summed E-state index contributed by atoms with van der Waals surface area (Å²) in [4.78, 5) is 39.2. The van der Waals surface area contributed by atoms with Gasteiger partial charge in [0, 0.05) is 28.8 Å². The van der Waals surface area contributed by atoms with Crippen molar-refractivity contribution in [1.82, 2.24) is 0 Å². The predicted molar refractivity (Wildman–Crippen MR) is 156 cm³/mol. The van der Waals surface area contributed by atoms with Gasteiger partial charge in [-0.2, -0.15) is 0 Å². The lowest BCUT2D eigenvalue weighted by Crippen LogP contribution is -2.28. The molecule has 9 heteroatoms. The Morgan fingerprint density at radius 1 is 1.10 bits per heavy atom. The maximum Gasteiger partial charge on any atom is 0.311 e. The standard InChI is InChI=1S/C30H30BrClN2O5/c1-17(2)23-10-5-18(3)13-26(23)39-22-8-6-21(7-9-22)34-15-20(14-28(34)36)30(37)38-16-27(35)33-25-12-11-24(31)29(32)19(25)4/h5-13,17,20H,14-16H2,1-4H3,(H,33,35)/t20-/m0/s1. The summed E-state index contributed by atoms with van der Waals surface area (Å²) in [5.74, 6) is -0.152. The van der Waals surface area contributed by atoms with E-state index in [2.05, 4.69) is 47.2 Å². The van der Waals surface area contributed by atoms with E-state index in [4.69, 9.17) is 21.1 Å². The van der Waals surface area contributed by atoms with E-state index in [1.807, 2.05) is 13.0 Å². The van der Waals surface area contributed by atoms with Crippen LogP contribution in [0.1, 0.15) is 42.9 Å². The molecule has 4 rings (SSSR count). The molecule has 0 bridgehead atoms. The van der Waals surface area contributed by atoms with Gasteiger partial charge in [-0.3, -0.25) is 14.4 Å². The molecule has 2 amide bonds. The Hall–Kier alpha value is -3.36. The molecule has 0 saturated carbocycles. The van der Waals surface area contributed by atoms with Crippen LogP contribution in [0.15, 0.2) is 59.1 Å². The molecule has 204 valence electrons. The molecule has 1 aliphatic rings. The van der Waals surface area contributed by atoms with Crippen molar-refractivity contribution in [2.24, 2.45) is 5.92 Å². The van der Waals surface area contributed by atoms with Crippen LogP contribution < -0.4 is 15.0 Å². The molecule has 0 aromatic heterocycles. The van der Waals surface area contributed by atoms with Gasteiger partial charge in [-0.05, 0) is 94.9 Å². The Kier molecular flexibility index (Phi) is 8.97. The van der Waals surface area contributed by atoms with Crippen molar-refractivity contribution >= 4 is 56.7 Å².